The number of amides is 1. The summed E-state index contributed by atoms with van der Waals surface area (Å²) < 4.78 is 35.2. The Kier molecular flexibility index (Phi) is 36.3. The molecule has 12 nitrogen and oxygen atoms in total. The molecule has 1 amide bonds. The van der Waals surface area contributed by atoms with E-state index < -0.39 is 22.0 Å². The molecule has 326 valence electrons. The van der Waals surface area contributed by atoms with Crippen LogP contribution in [0.15, 0.2) is 86.0 Å². The summed E-state index contributed by atoms with van der Waals surface area (Å²) in [5.41, 5.74) is 5.47. The molecule has 1 aliphatic heterocycles. The number of nitrogens with one attached hydrogen (secondary N) is 1. The van der Waals surface area contributed by atoms with E-state index in [1.807, 2.05) is 7.05 Å². The van der Waals surface area contributed by atoms with Gasteiger partial charge in [0.05, 0.1) is 34.2 Å². The fraction of sp³-hybridized carbons (Fsp3) is 0.385. The van der Waals surface area contributed by atoms with Gasteiger partial charge in [-0.05, 0) is 74.5 Å². The highest BCUT2D eigenvalue weighted by molar-refractivity contribution is 7.59. The van der Waals surface area contributed by atoms with Gasteiger partial charge >= 0.3 is 5.43 Å². The first-order valence-electron chi connectivity index (χ1n) is 17.3. The molecule has 0 aliphatic carbocycles. The summed E-state index contributed by atoms with van der Waals surface area (Å²) in [6, 6.07) is 14.1. The maximum atomic E-state index is 13.3. The molecule has 4 rings (SSSR count). The van der Waals surface area contributed by atoms with E-state index in [2.05, 4.69) is 23.2 Å². The van der Waals surface area contributed by atoms with Crippen LogP contribution in [0.3, 0.4) is 0 Å². The molecule has 1 saturated heterocycles. The van der Waals surface area contributed by atoms with Gasteiger partial charge in [0.25, 0.3) is 5.69 Å². The topological polar surface area (TPSA) is 177 Å². The van der Waals surface area contributed by atoms with Gasteiger partial charge < -0.3 is 35.6 Å². The summed E-state index contributed by atoms with van der Waals surface area (Å²) >= 11 is 16.3. The highest BCUT2D eigenvalue weighted by Gasteiger charge is 2.18. The van der Waals surface area contributed by atoms with E-state index in [-0.39, 0.29) is 92.6 Å². The molecular weight excluding hydrogens is 861 g/mol. The van der Waals surface area contributed by atoms with Crippen LogP contribution in [-0.4, -0.2) is 84.0 Å². The van der Waals surface area contributed by atoms with E-state index in [0.717, 1.165) is 19.6 Å². The largest absolute Gasteiger partial charge is 0.414 e. The quantitative estimate of drug-likeness (QED) is 0.0533. The Bertz CT molecular complexity index is 1620. The summed E-state index contributed by atoms with van der Waals surface area (Å²) in [6.07, 6.45) is 7.94. The summed E-state index contributed by atoms with van der Waals surface area (Å²) in [7, 11) is 3.46. The fourth-order valence-electron chi connectivity index (χ4n) is 4.34. The van der Waals surface area contributed by atoms with Crippen LogP contribution in [0, 0.1) is 21.7 Å². The smallest absolute Gasteiger partial charge is 0.409 e. The molecule has 58 heavy (non-hydrogen) atoms. The third kappa shape index (κ3) is 25.3. The summed E-state index contributed by atoms with van der Waals surface area (Å²) in [5.74, 6) is -0.841. The van der Waals surface area contributed by atoms with Gasteiger partial charge in [-0.1, -0.05) is 59.6 Å². The Morgan fingerprint density at radius 2 is 1.48 bits per heavy atom. The number of nitro benzene ring substituents is 1. The number of nitrogens with two attached hydrogens (primary N) is 1. The molecule has 0 spiro atoms. The second-order valence-electron chi connectivity index (χ2n) is 11.6. The first-order chi connectivity index (χ1) is 26.7. The van der Waals surface area contributed by atoms with Gasteiger partial charge in [0.15, 0.2) is 0 Å². The van der Waals surface area contributed by atoms with Crippen molar-refractivity contribution in [3.05, 3.63) is 129 Å². The molecule has 1 fully saturated rings. The van der Waals surface area contributed by atoms with Crippen LogP contribution in [0.25, 0.3) is 0 Å². The number of halogens is 5. The lowest BCUT2D eigenvalue weighted by Gasteiger charge is -2.25. The van der Waals surface area contributed by atoms with Gasteiger partial charge in [0, 0.05) is 63.0 Å². The minimum absolute atomic E-state index is 0. The molecule has 1 heterocycles. The third-order valence-corrected chi connectivity index (χ3v) is 8.56. The summed E-state index contributed by atoms with van der Waals surface area (Å²) in [5, 5.41) is 31.1. The molecule has 1 aliphatic rings. The fourth-order valence-corrected chi connectivity index (χ4v) is 4.85. The van der Waals surface area contributed by atoms with Gasteiger partial charge in [-0.3, -0.25) is 14.9 Å². The van der Waals surface area contributed by atoms with Crippen molar-refractivity contribution in [3.8, 4) is 5.75 Å². The lowest BCUT2D eigenvalue weighted by Crippen LogP contribution is -2.39. The highest BCUT2D eigenvalue weighted by atomic mass is 35.5. The molecule has 3 aromatic carbocycles. The average molecular weight is 916 g/mol. The van der Waals surface area contributed by atoms with Crippen LogP contribution in [0.4, 0.5) is 19.3 Å². The molecule has 5 N–H and O–H groups in total. The number of aliphatic hydroxyl groups excluding tert-OH is 2. The summed E-state index contributed by atoms with van der Waals surface area (Å²) in [4.78, 5) is 33.4. The Balaban J connectivity index is -0.000000692. The minimum Gasteiger partial charge on any atom is -0.414 e. The predicted molar refractivity (Wildman–Crippen MR) is 238 cm³/mol. The zero-order valence-electron chi connectivity index (χ0n) is 32.5. The van der Waals surface area contributed by atoms with E-state index in [1.54, 1.807) is 43.5 Å². The number of aliphatic hydroxyl groups is 2. The SMILES string of the molecule is C1CCOC1.C=CC[C@@H](CO)N(C)C(=O)CCc1cccc(F)c1Cl.C=CC[C@@H](CO)NC.NCc1cccc(F)c1Cl.O=C(Cl)Oc1ccc([N+](=O)[O-])cc1.S.S. The van der Waals surface area contributed by atoms with Crippen molar-refractivity contribution < 1.29 is 43.0 Å². The molecule has 0 bridgehead atoms. The van der Waals surface area contributed by atoms with Gasteiger partial charge in [0.2, 0.25) is 5.91 Å². The summed E-state index contributed by atoms with van der Waals surface area (Å²) in [6.45, 7) is 9.48. The van der Waals surface area contributed by atoms with Crippen molar-refractivity contribution in [2.45, 2.75) is 57.2 Å². The number of hydrogen-bond donors (Lipinski definition) is 4. The van der Waals surface area contributed by atoms with Crippen molar-refractivity contribution >= 4 is 78.8 Å². The number of rotatable bonds is 14. The van der Waals surface area contributed by atoms with E-state index >= 15 is 0 Å². The van der Waals surface area contributed by atoms with Gasteiger partial charge in [-0.2, -0.15) is 27.0 Å². The van der Waals surface area contributed by atoms with E-state index in [1.165, 1.54) is 54.1 Å². The number of hydrogen-bond acceptors (Lipinski definition) is 10. The van der Waals surface area contributed by atoms with Crippen LogP contribution < -0.4 is 15.8 Å². The number of carbonyl (C=O) groups excluding carboxylic acids is 2. The number of aryl methyl sites for hydroxylation is 1. The van der Waals surface area contributed by atoms with Crippen LogP contribution in [0.1, 0.15) is 43.2 Å². The monoisotopic (exact) mass is 914 g/mol. The first-order valence-corrected chi connectivity index (χ1v) is 18.5. The molecular formula is C39H55Cl3F2N4O8S2. The van der Waals surface area contributed by atoms with Crippen LogP contribution in [0.2, 0.25) is 10.0 Å². The van der Waals surface area contributed by atoms with E-state index in [9.17, 15) is 33.6 Å². The zero-order chi connectivity index (χ0) is 42.5. The van der Waals surface area contributed by atoms with Gasteiger partial charge in [0.1, 0.15) is 17.4 Å². The number of carbonyl (C=O) groups is 2. The lowest BCUT2D eigenvalue weighted by molar-refractivity contribution is -0.384. The predicted octanol–water partition coefficient (Wildman–Crippen LogP) is 8.24. The van der Waals surface area contributed by atoms with Crippen molar-refractivity contribution in [2.24, 2.45) is 5.73 Å². The number of nitrogens with zero attached hydrogens (tertiary/aromatic N) is 2. The molecule has 0 unspecified atom stereocenters. The van der Waals surface area contributed by atoms with Crippen LogP contribution >= 0.6 is 61.8 Å². The van der Waals surface area contributed by atoms with Gasteiger partial charge in [-0.15, -0.1) is 13.2 Å². The van der Waals surface area contributed by atoms with Crippen molar-refractivity contribution in [3.63, 3.8) is 0 Å². The van der Waals surface area contributed by atoms with Crippen LogP contribution in [0.5, 0.6) is 5.75 Å². The number of likely N-dealkylation sites (N-methyl/N-ethyl adjacent to an activating group) is 2. The number of non-ortho nitro benzene ring substituents is 1. The first kappa shape index (κ1) is 59.0. The second-order valence-corrected chi connectivity index (χ2v) is 12.7. The van der Waals surface area contributed by atoms with Crippen molar-refractivity contribution in [1.29, 1.82) is 0 Å². The molecule has 0 aromatic heterocycles. The second kappa shape index (κ2) is 35.6. The third-order valence-electron chi connectivity index (χ3n) is 7.63. The Morgan fingerprint density at radius 1 is 0.966 bits per heavy atom. The standard InChI is InChI=1S/C15H19ClFNO2.C7H7ClFN.C7H4ClNO4.C6H13NO.C4H8O.2H2S/c1-3-5-12(10-19)18(2)14(20)9-8-11-6-4-7-13(17)15(11)16;8-7-5(4-10)2-1-3-6(7)9;8-7(10)13-6-3-1-5(2-4-6)9(11)12;1-3-4-6(5-8)7-2;1-2-4-5-3-1;;/h3-4,6-7,12,19H,1,5,8-10H2,2H3;1-3H,4,10H2;1-4H;3,6-8H,1,4-5H2,2H3;1-4H2;2*1H2/t12-;;;6-;;;/m0..0.../s1. The van der Waals surface area contributed by atoms with Crippen molar-refractivity contribution in [1.82, 2.24) is 10.2 Å². The normalized spacial score (nSPS) is 11.8. The molecule has 0 saturated carbocycles. The molecule has 0 radical (unpaired) electrons. The number of benzene rings is 3. The Hall–Kier alpha value is -3.29. The zero-order valence-corrected chi connectivity index (χ0v) is 36.7. The van der Waals surface area contributed by atoms with Crippen LogP contribution in [-0.2, 0) is 22.5 Å². The Morgan fingerprint density at radius 3 is 1.84 bits per heavy atom. The molecule has 2 atom stereocenters. The van der Waals surface area contributed by atoms with E-state index in [0.29, 0.717) is 24.0 Å². The minimum atomic E-state index is -0.978. The highest BCUT2D eigenvalue weighted by Crippen LogP contribution is 2.22. The number of nitro groups is 1. The van der Waals surface area contributed by atoms with Crippen molar-refractivity contribution in [2.75, 3.05) is 40.5 Å². The van der Waals surface area contributed by atoms with Gasteiger partial charge in [-0.25, -0.2) is 13.6 Å². The maximum absolute atomic E-state index is 13.3. The average Bonchev–Trinajstić information content (AvgIpc) is 3.79. The molecule has 19 heteroatoms. The number of ether oxygens (including phenoxy) is 2. The van der Waals surface area contributed by atoms with E-state index in [4.69, 9.17) is 50.4 Å². The molecule has 3 aromatic rings. The Labute approximate surface area is 368 Å². The lowest BCUT2D eigenvalue weighted by atomic mass is 10.1. The maximum Gasteiger partial charge on any atom is 0.409 e.